The van der Waals surface area contributed by atoms with Crippen LogP contribution in [0.5, 0.6) is 0 Å². The summed E-state index contributed by atoms with van der Waals surface area (Å²) in [5, 5.41) is 1.41. The van der Waals surface area contributed by atoms with E-state index in [9.17, 15) is 14.0 Å². The fraction of sp³-hybridized carbons (Fsp3) is 0.240. The molecule has 33 heavy (non-hydrogen) atoms. The first-order valence-corrected chi connectivity index (χ1v) is 11.1. The number of Topliss-reactive ketones (excluding diaryl/α,β-unsaturated/α-hetero) is 1. The van der Waals surface area contributed by atoms with Crippen molar-refractivity contribution in [3.05, 3.63) is 77.3 Å². The Balaban J connectivity index is 1.42. The van der Waals surface area contributed by atoms with E-state index in [2.05, 4.69) is 9.97 Å². The van der Waals surface area contributed by atoms with E-state index >= 15 is 0 Å². The molecule has 2 aromatic heterocycles. The van der Waals surface area contributed by atoms with Crippen LogP contribution in [0.4, 0.5) is 4.39 Å². The number of fused-ring (bicyclic) bond motifs is 1. The van der Waals surface area contributed by atoms with Gasteiger partial charge in [-0.25, -0.2) is 9.37 Å². The van der Waals surface area contributed by atoms with Gasteiger partial charge in [-0.05, 0) is 25.1 Å². The van der Waals surface area contributed by atoms with Crippen LogP contribution in [0.25, 0.3) is 22.2 Å². The number of para-hydroxylation sites is 1. The highest BCUT2D eigenvalue weighted by Crippen LogP contribution is 2.34. The van der Waals surface area contributed by atoms with Crippen molar-refractivity contribution in [3.63, 3.8) is 0 Å². The number of nitrogens with zero attached hydrogens (tertiary/aromatic N) is 3. The van der Waals surface area contributed by atoms with Crippen LogP contribution < -0.4 is 0 Å². The predicted octanol–water partition coefficient (Wildman–Crippen LogP) is 5.20. The topological polar surface area (TPSA) is 71.0 Å². The highest BCUT2D eigenvalue weighted by atomic mass is 35.5. The number of aromatic amines is 1. The van der Waals surface area contributed by atoms with Crippen LogP contribution in [0.1, 0.15) is 35.6 Å². The summed E-state index contributed by atoms with van der Waals surface area (Å²) in [6.45, 7) is 1.53. The van der Waals surface area contributed by atoms with Gasteiger partial charge in [-0.3, -0.25) is 9.59 Å². The molecule has 0 aliphatic carbocycles. The van der Waals surface area contributed by atoms with E-state index in [0.29, 0.717) is 16.4 Å². The first-order chi connectivity index (χ1) is 15.9. The Bertz CT molecular complexity index is 1360. The SMILES string of the molecule is CC(=O)c1cn(CC(=O)N2C[C@H](F)C[C@H]2c2ncc(-c3cccc(Cl)c3)[nH]2)c2ccccc12. The van der Waals surface area contributed by atoms with Crippen molar-refractivity contribution in [2.45, 2.75) is 32.1 Å². The summed E-state index contributed by atoms with van der Waals surface area (Å²) < 4.78 is 16.2. The molecule has 1 amide bonds. The smallest absolute Gasteiger partial charge is 0.243 e. The van der Waals surface area contributed by atoms with Gasteiger partial charge in [0.25, 0.3) is 0 Å². The highest BCUT2D eigenvalue weighted by Gasteiger charge is 2.38. The Labute approximate surface area is 195 Å². The van der Waals surface area contributed by atoms with Gasteiger partial charge in [-0.2, -0.15) is 0 Å². The molecule has 1 N–H and O–H groups in total. The van der Waals surface area contributed by atoms with Crippen LogP contribution in [-0.4, -0.2) is 43.8 Å². The molecule has 0 spiro atoms. The van der Waals surface area contributed by atoms with Gasteiger partial charge in [0.05, 0.1) is 24.5 Å². The molecular weight excluding hydrogens is 443 g/mol. The van der Waals surface area contributed by atoms with E-state index in [1.807, 2.05) is 42.5 Å². The standard InChI is InChI=1S/C25H22ClFN4O2/c1-15(32)20-13-30(22-8-3-2-7-19(20)22)14-24(33)31-12-18(27)10-23(31)25-28-11-21(29-25)16-5-4-6-17(26)9-16/h2-9,11,13,18,23H,10,12,14H2,1H3,(H,28,29)/t18-,23+/m1/s1. The summed E-state index contributed by atoms with van der Waals surface area (Å²) in [5.74, 6) is 0.251. The number of carbonyl (C=O) groups is 2. The monoisotopic (exact) mass is 464 g/mol. The largest absolute Gasteiger partial charge is 0.340 e. The molecule has 2 atom stereocenters. The Morgan fingerprint density at radius 1 is 1.21 bits per heavy atom. The second-order valence-electron chi connectivity index (χ2n) is 8.33. The molecule has 1 aliphatic rings. The Kier molecular flexibility index (Phi) is 5.50. The molecular formula is C25H22ClFN4O2. The van der Waals surface area contributed by atoms with Crippen molar-refractivity contribution in [2.75, 3.05) is 6.54 Å². The summed E-state index contributed by atoms with van der Waals surface area (Å²) in [6, 6.07) is 14.3. The van der Waals surface area contributed by atoms with Crippen LogP contribution >= 0.6 is 11.6 Å². The second-order valence-corrected chi connectivity index (χ2v) is 8.77. The minimum atomic E-state index is -1.13. The van der Waals surface area contributed by atoms with E-state index in [1.54, 1.807) is 23.0 Å². The predicted molar refractivity (Wildman–Crippen MR) is 125 cm³/mol. The number of imidazole rings is 1. The molecule has 1 fully saturated rings. The molecule has 6 nitrogen and oxygen atoms in total. The number of alkyl halides is 1. The number of benzene rings is 2. The van der Waals surface area contributed by atoms with Gasteiger partial charge in [-0.15, -0.1) is 0 Å². The Morgan fingerprint density at radius 2 is 2.03 bits per heavy atom. The van der Waals surface area contributed by atoms with Gasteiger partial charge < -0.3 is 14.5 Å². The lowest BCUT2D eigenvalue weighted by molar-refractivity contribution is -0.133. The summed E-state index contributed by atoms with van der Waals surface area (Å²) in [6.07, 6.45) is 2.42. The lowest BCUT2D eigenvalue weighted by atomic mass is 10.1. The molecule has 3 heterocycles. The number of H-pyrrole nitrogens is 1. The summed E-state index contributed by atoms with van der Waals surface area (Å²) >= 11 is 6.09. The van der Waals surface area contributed by atoms with Crippen LogP contribution in [0.15, 0.2) is 60.9 Å². The van der Waals surface area contributed by atoms with Gasteiger partial charge in [-0.1, -0.05) is 41.9 Å². The van der Waals surface area contributed by atoms with Gasteiger partial charge >= 0.3 is 0 Å². The van der Waals surface area contributed by atoms with E-state index in [4.69, 9.17) is 11.6 Å². The second kappa shape index (κ2) is 8.48. The van der Waals surface area contributed by atoms with E-state index in [-0.39, 0.29) is 31.2 Å². The first kappa shape index (κ1) is 21.4. The Morgan fingerprint density at radius 3 is 2.82 bits per heavy atom. The number of amides is 1. The van der Waals surface area contributed by atoms with Gasteiger partial charge in [0, 0.05) is 39.7 Å². The van der Waals surface area contributed by atoms with Crippen molar-refractivity contribution < 1.29 is 14.0 Å². The number of rotatable bonds is 5. The minimum Gasteiger partial charge on any atom is -0.340 e. The first-order valence-electron chi connectivity index (χ1n) is 10.7. The van der Waals surface area contributed by atoms with E-state index in [1.165, 1.54) is 11.8 Å². The number of ketones is 1. The van der Waals surface area contributed by atoms with Crippen LogP contribution in [0, 0.1) is 0 Å². The van der Waals surface area contributed by atoms with Gasteiger partial charge in [0.1, 0.15) is 18.5 Å². The third-order valence-electron chi connectivity index (χ3n) is 6.09. The number of likely N-dealkylation sites (tertiary alicyclic amines) is 1. The lowest BCUT2D eigenvalue weighted by Gasteiger charge is -2.23. The minimum absolute atomic E-state index is 0.00939. The van der Waals surface area contributed by atoms with Gasteiger partial charge in [0.15, 0.2) is 5.78 Å². The Hall–Kier alpha value is -3.45. The number of nitrogens with one attached hydrogen (secondary N) is 1. The maximum absolute atomic E-state index is 14.4. The molecule has 0 radical (unpaired) electrons. The average Bonchev–Trinajstić information content (AvgIpc) is 3.51. The van der Waals surface area contributed by atoms with Crippen molar-refractivity contribution >= 4 is 34.2 Å². The quantitative estimate of drug-likeness (QED) is 0.413. The van der Waals surface area contributed by atoms with Crippen LogP contribution in [0.3, 0.4) is 0 Å². The zero-order valence-corrected chi connectivity index (χ0v) is 18.7. The van der Waals surface area contributed by atoms with E-state index in [0.717, 1.165) is 22.2 Å². The maximum Gasteiger partial charge on any atom is 0.243 e. The molecule has 1 saturated heterocycles. The van der Waals surface area contributed by atoms with Gasteiger partial charge in [0.2, 0.25) is 5.91 Å². The molecule has 168 valence electrons. The summed E-state index contributed by atoms with van der Waals surface area (Å²) in [4.78, 5) is 34.6. The zero-order valence-electron chi connectivity index (χ0n) is 18.0. The molecule has 0 unspecified atom stereocenters. The van der Waals surface area contributed by atoms with E-state index < -0.39 is 12.2 Å². The molecule has 4 aromatic rings. The van der Waals surface area contributed by atoms with Crippen LogP contribution in [-0.2, 0) is 11.3 Å². The molecule has 8 heteroatoms. The molecule has 2 aromatic carbocycles. The summed E-state index contributed by atoms with van der Waals surface area (Å²) in [5.41, 5.74) is 2.98. The number of carbonyl (C=O) groups excluding carboxylic acids is 2. The molecule has 0 saturated carbocycles. The average molecular weight is 465 g/mol. The normalized spacial score (nSPS) is 18.2. The maximum atomic E-state index is 14.4. The third kappa shape index (κ3) is 4.04. The number of hydrogen-bond acceptors (Lipinski definition) is 3. The fourth-order valence-corrected chi connectivity index (χ4v) is 4.71. The van der Waals surface area contributed by atoms with Crippen molar-refractivity contribution in [1.29, 1.82) is 0 Å². The fourth-order valence-electron chi connectivity index (χ4n) is 4.52. The molecule has 5 rings (SSSR count). The number of aromatic nitrogens is 3. The van der Waals surface area contributed by atoms with Crippen molar-refractivity contribution in [2.24, 2.45) is 0 Å². The molecule has 0 bridgehead atoms. The van der Waals surface area contributed by atoms with Crippen molar-refractivity contribution in [3.8, 4) is 11.3 Å². The lowest BCUT2D eigenvalue weighted by Crippen LogP contribution is -2.34. The number of halogens is 2. The highest BCUT2D eigenvalue weighted by molar-refractivity contribution is 6.30. The molecule has 1 aliphatic heterocycles. The summed E-state index contributed by atoms with van der Waals surface area (Å²) in [7, 11) is 0. The third-order valence-corrected chi connectivity index (χ3v) is 6.33. The zero-order chi connectivity index (χ0) is 23.1. The van der Waals surface area contributed by atoms with Crippen LogP contribution in [0.2, 0.25) is 5.02 Å². The number of hydrogen-bond donors (Lipinski definition) is 1. The van der Waals surface area contributed by atoms with Crippen molar-refractivity contribution in [1.82, 2.24) is 19.4 Å².